The van der Waals surface area contributed by atoms with E-state index in [2.05, 4.69) is 4.74 Å². The van der Waals surface area contributed by atoms with Crippen LogP contribution in [0, 0.1) is 9.39 Å². The van der Waals surface area contributed by atoms with Crippen molar-refractivity contribution in [2.45, 2.75) is 11.3 Å². The second kappa shape index (κ2) is 6.51. The summed E-state index contributed by atoms with van der Waals surface area (Å²) in [5.74, 6) is -1.32. The molecule has 0 aliphatic heterocycles. The molecule has 0 saturated carbocycles. The maximum absolute atomic E-state index is 13.7. The number of halogens is 5. The van der Waals surface area contributed by atoms with Crippen molar-refractivity contribution < 1.29 is 30.7 Å². The van der Waals surface area contributed by atoms with Crippen molar-refractivity contribution in [1.29, 1.82) is 0 Å². The minimum atomic E-state index is -4.87. The molecule has 2 aromatic carbocycles. The molecule has 0 unspecified atom stereocenters. The Balaban J connectivity index is 2.22. The lowest BCUT2D eigenvalue weighted by molar-refractivity contribution is -0.274. The topological polar surface area (TPSA) is 55.4 Å². The van der Waals surface area contributed by atoms with Crippen molar-refractivity contribution in [3.8, 4) is 5.75 Å². The third kappa shape index (κ3) is 4.96. The van der Waals surface area contributed by atoms with Crippen LogP contribution in [0.15, 0.2) is 47.4 Å². The first-order chi connectivity index (χ1) is 10.6. The molecule has 0 radical (unpaired) electrons. The quantitative estimate of drug-likeness (QED) is 0.551. The molecule has 0 aliphatic carbocycles. The summed E-state index contributed by atoms with van der Waals surface area (Å²) in [7, 11) is -4.14. The third-order valence-corrected chi connectivity index (χ3v) is 4.60. The fourth-order valence-corrected chi connectivity index (χ4v) is 3.12. The number of hydrogen-bond acceptors (Lipinski definition) is 3. The van der Waals surface area contributed by atoms with E-state index >= 15 is 0 Å². The monoisotopic (exact) mass is 461 g/mol. The summed E-state index contributed by atoms with van der Waals surface area (Å²) < 4.78 is 80.2. The summed E-state index contributed by atoms with van der Waals surface area (Å²) in [5.41, 5.74) is -0.263. The predicted molar refractivity (Wildman–Crippen MR) is 83.1 cm³/mol. The van der Waals surface area contributed by atoms with Crippen LogP contribution in [0.4, 0.5) is 23.2 Å². The number of anilines is 1. The smallest absolute Gasteiger partial charge is 0.406 e. The van der Waals surface area contributed by atoms with Gasteiger partial charge in [0.25, 0.3) is 10.0 Å². The van der Waals surface area contributed by atoms with Gasteiger partial charge in [0, 0.05) is 3.57 Å². The molecule has 0 spiro atoms. The van der Waals surface area contributed by atoms with E-state index in [0.717, 1.165) is 30.3 Å². The van der Waals surface area contributed by atoms with Crippen LogP contribution in [0.2, 0.25) is 0 Å². The Kier molecular flexibility index (Phi) is 5.04. The van der Waals surface area contributed by atoms with Crippen LogP contribution in [0.3, 0.4) is 0 Å². The predicted octanol–water partition coefficient (Wildman–Crippen LogP) is 4.13. The maximum atomic E-state index is 13.7. The van der Waals surface area contributed by atoms with Crippen molar-refractivity contribution in [2.24, 2.45) is 0 Å². The molecule has 0 aliphatic rings. The van der Waals surface area contributed by atoms with Crippen LogP contribution in [-0.2, 0) is 10.0 Å². The molecule has 10 heteroatoms. The largest absolute Gasteiger partial charge is 0.573 e. The molecule has 0 atom stereocenters. The molecule has 23 heavy (non-hydrogen) atoms. The summed E-state index contributed by atoms with van der Waals surface area (Å²) in [6.45, 7) is 0. The van der Waals surface area contributed by atoms with Crippen LogP contribution in [0.5, 0.6) is 5.75 Å². The first kappa shape index (κ1) is 17.8. The minimum absolute atomic E-state index is 0.263. The highest BCUT2D eigenvalue weighted by Crippen LogP contribution is 2.25. The van der Waals surface area contributed by atoms with Gasteiger partial charge in [-0.1, -0.05) is 0 Å². The summed E-state index contributed by atoms with van der Waals surface area (Å²) >= 11 is 1.86. The number of benzene rings is 2. The molecule has 0 heterocycles. The van der Waals surface area contributed by atoms with Gasteiger partial charge in [-0.05, 0) is 65.1 Å². The first-order valence-electron chi connectivity index (χ1n) is 5.90. The Morgan fingerprint density at radius 2 is 1.65 bits per heavy atom. The highest BCUT2D eigenvalue weighted by Gasteiger charge is 2.31. The number of hydrogen-bond donors (Lipinski definition) is 1. The third-order valence-electron chi connectivity index (χ3n) is 2.54. The van der Waals surface area contributed by atoms with E-state index < -0.39 is 28.0 Å². The number of ether oxygens (including phenoxy) is 1. The van der Waals surface area contributed by atoms with Gasteiger partial charge in [0.2, 0.25) is 0 Å². The van der Waals surface area contributed by atoms with Gasteiger partial charge in [-0.25, -0.2) is 12.8 Å². The number of nitrogens with one attached hydrogen (secondary N) is 1. The summed E-state index contributed by atoms with van der Waals surface area (Å²) in [6, 6.07) is 7.44. The van der Waals surface area contributed by atoms with Gasteiger partial charge in [0.05, 0.1) is 10.6 Å². The molecule has 124 valence electrons. The highest BCUT2D eigenvalue weighted by molar-refractivity contribution is 14.1. The Labute approximate surface area is 142 Å². The molecule has 0 aromatic heterocycles. The summed E-state index contributed by atoms with van der Waals surface area (Å²) in [5, 5.41) is 0. The molecule has 2 rings (SSSR count). The van der Waals surface area contributed by atoms with Crippen LogP contribution in [0.25, 0.3) is 0 Å². The molecule has 4 nitrogen and oxygen atoms in total. The normalized spacial score (nSPS) is 12.0. The Hall–Kier alpha value is -1.56. The lowest BCUT2D eigenvalue weighted by Gasteiger charge is -2.11. The SMILES string of the molecule is O=S(=O)(Nc1ccc(I)cc1F)c1ccc(OC(F)(F)F)cc1. The van der Waals surface area contributed by atoms with Gasteiger partial charge in [0.1, 0.15) is 11.6 Å². The minimum Gasteiger partial charge on any atom is -0.406 e. The van der Waals surface area contributed by atoms with Crippen molar-refractivity contribution >= 4 is 38.3 Å². The average Bonchev–Trinajstić information content (AvgIpc) is 2.41. The second-order valence-corrected chi connectivity index (χ2v) is 7.18. The second-order valence-electron chi connectivity index (χ2n) is 4.25. The van der Waals surface area contributed by atoms with Gasteiger partial charge in [-0.3, -0.25) is 4.72 Å². The van der Waals surface area contributed by atoms with Gasteiger partial charge in [0.15, 0.2) is 0 Å². The summed E-state index contributed by atoms with van der Waals surface area (Å²) in [6.07, 6.45) is -4.87. The zero-order valence-corrected chi connectivity index (χ0v) is 14.0. The van der Waals surface area contributed by atoms with Crippen LogP contribution in [-0.4, -0.2) is 14.8 Å². The fraction of sp³-hybridized carbons (Fsp3) is 0.0769. The van der Waals surface area contributed by atoms with E-state index in [9.17, 15) is 26.0 Å². The van der Waals surface area contributed by atoms with E-state index in [1.165, 1.54) is 12.1 Å². The van der Waals surface area contributed by atoms with Crippen LogP contribution in [0.1, 0.15) is 0 Å². The zero-order chi connectivity index (χ0) is 17.3. The van der Waals surface area contributed by atoms with E-state index in [-0.39, 0.29) is 10.6 Å². The molecule has 1 N–H and O–H groups in total. The zero-order valence-electron chi connectivity index (χ0n) is 11.1. The molecule has 0 bridgehead atoms. The van der Waals surface area contributed by atoms with Gasteiger partial charge >= 0.3 is 6.36 Å². The number of sulfonamides is 1. The Bertz CT molecular complexity index is 807. The number of rotatable bonds is 4. The van der Waals surface area contributed by atoms with Gasteiger partial charge < -0.3 is 4.74 Å². The Morgan fingerprint density at radius 3 is 2.17 bits per heavy atom. The first-order valence-corrected chi connectivity index (χ1v) is 8.47. The highest BCUT2D eigenvalue weighted by atomic mass is 127. The molecular formula is C13H8F4INO3S. The van der Waals surface area contributed by atoms with Gasteiger partial charge in [-0.2, -0.15) is 0 Å². The Morgan fingerprint density at radius 1 is 1.04 bits per heavy atom. The molecule has 0 fully saturated rings. The van der Waals surface area contributed by atoms with E-state index in [0.29, 0.717) is 3.57 Å². The maximum Gasteiger partial charge on any atom is 0.573 e. The molecule has 0 amide bonds. The molecule has 2 aromatic rings. The molecule has 0 saturated heterocycles. The van der Waals surface area contributed by atoms with Crippen molar-refractivity contribution in [1.82, 2.24) is 0 Å². The molecular weight excluding hydrogens is 453 g/mol. The van der Waals surface area contributed by atoms with E-state index in [4.69, 9.17) is 0 Å². The van der Waals surface area contributed by atoms with Crippen LogP contribution >= 0.6 is 22.6 Å². The van der Waals surface area contributed by atoms with E-state index in [1.54, 1.807) is 0 Å². The van der Waals surface area contributed by atoms with Gasteiger partial charge in [-0.15, -0.1) is 13.2 Å². The standard InChI is InChI=1S/C13H8F4INO3S/c14-11-7-8(18)1-6-12(11)19-23(20,21)10-4-2-9(3-5-10)22-13(15,16)17/h1-7,19H. The fourth-order valence-electron chi connectivity index (χ4n) is 1.60. The average molecular weight is 461 g/mol. The van der Waals surface area contributed by atoms with Crippen molar-refractivity contribution in [3.63, 3.8) is 0 Å². The van der Waals surface area contributed by atoms with Crippen molar-refractivity contribution in [2.75, 3.05) is 4.72 Å². The lowest BCUT2D eigenvalue weighted by Crippen LogP contribution is -2.17. The lowest BCUT2D eigenvalue weighted by atomic mass is 10.3. The summed E-state index contributed by atoms with van der Waals surface area (Å²) in [4.78, 5) is -0.329. The number of alkyl halides is 3. The van der Waals surface area contributed by atoms with E-state index in [1.807, 2.05) is 27.3 Å². The van der Waals surface area contributed by atoms with Crippen molar-refractivity contribution in [3.05, 3.63) is 51.9 Å². The van der Waals surface area contributed by atoms with Crippen LogP contribution < -0.4 is 9.46 Å².